The van der Waals surface area contributed by atoms with Crippen LogP contribution in [0.4, 0.5) is 11.4 Å². The summed E-state index contributed by atoms with van der Waals surface area (Å²) in [6, 6.07) is 29.8. The van der Waals surface area contributed by atoms with Crippen LogP contribution in [0.1, 0.15) is 35.1 Å². The van der Waals surface area contributed by atoms with Gasteiger partial charge >= 0.3 is 0 Å². The lowest BCUT2D eigenvalue weighted by atomic mass is 9.77. The van der Waals surface area contributed by atoms with Crippen LogP contribution in [0.25, 0.3) is 10.8 Å². The van der Waals surface area contributed by atoms with Crippen molar-refractivity contribution in [3.05, 3.63) is 114 Å². The van der Waals surface area contributed by atoms with Crippen LogP contribution in [0.5, 0.6) is 5.75 Å². The zero-order valence-corrected chi connectivity index (χ0v) is 19.4. The number of nitrogens with one attached hydrogen (secondary N) is 1. The van der Waals surface area contributed by atoms with Gasteiger partial charge in [-0.2, -0.15) is 0 Å². The van der Waals surface area contributed by atoms with Gasteiger partial charge < -0.3 is 10.1 Å². The normalized spacial score (nSPS) is 20.3. The van der Waals surface area contributed by atoms with E-state index < -0.39 is 0 Å². The van der Waals surface area contributed by atoms with Crippen molar-refractivity contribution in [3.8, 4) is 18.1 Å². The molecule has 6 rings (SSSR count). The third kappa shape index (κ3) is 3.98. The van der Waals surface area contributed by atoms with Crippen molar-refractivity contribution < 1.29 is 4.74 Å². The van der Waals surface area contributed by atoms with Gasteiger partial charge in [0.2, 0.25) is 0 Å². The zero-order valence-electron chi connectivity index (χ0n) is 19.4. The zero-order chi connectivity index (χ0) is 23.6. The van der Waals surface area contributed by atoms with Crippen molar-refractivity contribution in [3.63, 3.8) is 0 Å². The van der Waals surface area contributed by atoms with Gasteiger partial charge in [-0.1, -0.05) is 78.7 Å². The summed E-state index contributed by atoms with van der Waals surface area (Å²) in [7, 11) is 0. The molecule has 0 amide bonds. The van der Waals surface area contributed by atoms with Crippen molar-refractivity contribution in [2.24, 2.45) is 10.9 Å². The molecule has 1 aliphatic heterocycles. The molecule has 0 saturated heterocycles. The molecule has 35 heavy (non-hydrogen) atoms. The first-order chi connectivity index (χ1) is 17.3. The Hall–Kier alpha value is -4.29. The standard InChI is InChI=1S/C32H26N2O/c1-2-20-35-31-19-16-22-8-3-4-9-25(22)29(31)21-33-24-17-14-23(15-18-24)32-28-12-7-11-26(28)27-10-5-6-13-30(27)34-32/h1,3-11,13-19,21,26,28,32,34H,12,20H2/t26-,28+,32-/m0/s1. The van der Waals surface area contributed by atoms with Crippen LogP contribution in [0.2, 0.25) is 0 Å². The van der Waals surface area contributed by atoms with Crippen LogP contribution < -0.4 is 10.1 Å². The molecule has 1 heterocycles. The van der Waals surface area contributed by atoms with Crippen LogP contribution in [-0.2, 0) is 0 Å². The molecule has 0 spiro atoms. The lowest BCUT2D eigenvalue weighted by Gasteiger charge is -2.37. The third-order valence-electron chi connectivity index (χ3n) is 7.11. The summed E-state index contributed by atoms with van der Waals surface area (Å²) in [6.45, 7) is 0.225. The molecular weight excluding hydrogens is 428 g/mol. The second-order valence-electron chi connectivity index (χ2n) is 9.10. The summed E-state index contributed by atoms with van der Waals surface area (Å²) in [5.41, 5.74) is 5.78. The number of fused-ring (bicyclic) bond motifs is 4. The highest BCUT2D eigenvalue weighted by molar-refractivity contribution is 6.03. The number of aliphatic imine (C=N–C) groups is 1. The predicted octanol–water partition coefficient (Wildman–Crippen LogP) is 7.43. The van der Waals surface area contributed by atoms with Gasteiger partial charge in [-0.3, -0.25) is 4.99 Å². The molecule has 0 bridgehead atoms. The number of allylic oxidation sites excluding steroid dienone is 2. The van der Waals surface area contributed by atoms with E-state index in [1.54, 1.807) is 0 Å². The predicted molar refractivity (Wildman–Crippen MR) is 145 cm³/mol. The average molecular weight is 455 g/mol. The minimum Gasteiger partial charge on any atom is -0.480 e. The fourth-order valence-corrected chi connectivity index (χ4v) is 5.43. The Labute approximate surface area is 206 Å². The molecule has 1 N–H and O–H groups in total. The van der Waals surface area contributed by atoms with Crippen LogP contribution in [-0.4, -0.2) is 12.8 Å². The molecule has 0 aromatic heterocycles. The first kappa shape index (κ1) is 21.3. The summed E-state index contributed by atoms with van der Waals surface area (Å²) in [6.07, 6.45) is 13.1. The maximum Gasteiger partial charge on any atom is 0.148 e. The number of anilines is 1. The van der Waals surface area contributed by atoms with E-state index in [1.807, 2.05) is 30.5 Å². The molecule has 1 aliphatic carbocycles. The van der Waals surface area contributed by atoms with E-state index in [0.717, 1.165) is 34.2 Å². The second kappa shape index (κ2) is 9.16. The minimum absolute atomic E-state index is 0.225. The van der Waals surface area contributed by atoms with E-state index in [0.29, 0.717) is 11.8 Å². The maximum absolute atomic E-state index is 5.81. The molecule has 4 aromatic carbocycles. The molecule has 0 radical (unpaired) electrons. The average Bonchev–Trinajstić information content (AvgIpc) is 3.41. The number of rotatable bonds is 5. The number of hydrogen-bond donors (Lipinski definition) is 1. The molecule has 3 atom stereocenters. The Morgan fingerprint density at radius 1 is 0.971 bits per heavy atom. The van der Waals surface area contributed by atoms with Crippen LogP contribution in [0.15, 0.2) is 102 Å². The molecule has 3 nitrogen and oxygen atoms in total. The Bertz CT molecular complexity index is 1480. The molecule has 4 aromatic rings. The van der Waals surface area contributed by atoms with E-state index in [1.165, 1.54) is 16.8 Å². The molecular formula is C32H26N2O. The fourth-order valence-electron chi connectivity index (χ4n) is 5.43. The SMILES string of the molecule is C#CCOc1ccc2ccccc2c1C=Nc1ccc([C@@H]2Nc3ccccc3[C@@H]3C=CC[C@H]32)cc1. The summed E-state index contributed by atoms with van der Waals surface area (Å²) < 4.78 is 5.81. The van der Waals surface area contributed by atoms with E-state index in [2.05, 4.69) is 84.1 Å². The highest BCUT2D eigenvalue weighted by atomic mass is 16.5. The van der Waals surface area contributed by atoms with Gasteiger partial charge in [0.25, 0.3) is 0 Å². The topological polar surface area (TPSA) is 33.6 Å². The Balaban J connectivity index is 1.29. The van der Waals surface area contributed by atoms with Crippen molar-refractivity contribution >= 4 is 28.4 Å². The monoisotopic (exact) mass is 454 g/mol. The smallest absolute Gasteiger partial charge is 0.148 e. The molecule has 2 aliphatic rings. The highest BCUT2D eigenvalue weighted by Crippen LogP contribution is 2.49. The summed E-state index contributed by atoms with van der Waals surface area (Å²) >= 11 is 0. The van der Waals surface area contributed by atoms with Crippen molar-refractivity contribution in [2.45, 2.75) is 18.4 Å². The quantitative estimate of drug-likeness (QED) is 0.193. The van der Waals surface area contributed by atoms with Crippen molar-refractivity contribution in [1.29, 1.82) is 0 Å². The number of ether oxygens (including phenoxy) is 1. The van der Waals surface area contributed by atoms with E-state index in [4.69, 9.17) is 16.2 Å². The molecule has 0 saturated carbocycles. The van der Waals surface area contributed by atoms with Gasteiger partial charge in [-0.05, 0) is 58.5 Å². The van der Waals surface area contributed by atoms with E-state index >= 15 is 0 Å². The van der Waals surface area contributed by atoms with Crippen LogP contribution >= 0.6 is 0 Å². The highest BCUT2D eigenvalue weighted by Gasteiger charge is 2.37. The van der Waals surface area contributed by atoms with Gasteiger partial charge in [-0.25, -0.2) is 0 Å². The largest absolute Gasteiger partial charge is 0.480 e. The minimum atomic E-state index is 0.225. The Morgan fingerprint density at radius 3 is 2.69 bits per heavy atom. The lowest BCUT2D eigenvalue weighted by molar-refractivity contribution is 0.370. The first-order valence-electron chi connectivity index (χ1n) is 12.1. The van der Waals surface area contributed by atoms with Crippen molar-refractivity contribution in [1.82, 2.24) is 0 Å². The summed E-state index contributed by atoms with van der Waals surface area (Å²) in [4.78, 5) is 4.79. The third-order valence-corrected chi connectivity index (χ3v) is 7.11. The maximum atomic E-state index is 5.81. The first-order valence-corrected chi connectivity index (χ1v) is 12.1. The van der Waals surface area contributed by atoms with Crippen molar-refractivity contribution in [2.75, 3.05) is 11.9 Å². The number of nitrogens with zero attached hydrogens (tertiary/aromatic N) is 1. The van der Waals surface area contributed by atoms with Crippen LogP contribution in [0, 0.1) is 18.3 Å². The number of hydrogen-bond acceptors (Lipinski definition) is 3. The molecule has 0 unspecified atom stereocenters. The van der Waals surface area contributed by atoms with Gasteiger partial charge in [0, 0.05) is 23.4 Å². The van der Waals surface area contributed by atoms with Gasteiger partial charge in [-0.15, -0.1) is 6.42 Å². The lowest BCUT2D eigenvalue weighted by Crippen LogP contribution is -2.28. The molecule has 170 valence electrons. The van der Waals surface area contributed by atoms with Gasteiger partial charge in [0.15, 0.2) is 0 Å². The summed E-state index contributed by atoms with van der Waals surface area (Å²) in [5.74, 6) is 4.30. The molecule has 3 heteroatoms. The number of terminal acetylenes is 1. The second-order valence-corrected chi connectivity index (χ2v) is 9.10. The number of para-hydroxylation sites is 1. The Kier molecular flexibility index (Phi) is 5.56. The molecule has 0 fully saturated rings. The van der Waals surface area contributed by atoms with Gasteiger partial charge in [0.05, 0.1) is 11.7 Å². The fraction of sp³-hybridized carbons (Fsp3) is 0.156. The van der Waals surface area contributed by atoms with E-state index in [-0.39, 0.29) is 12.6 Å². The number of benzene rings is 4. The summed E-state index contributed by atoms with van der Waals surface area (Å²) in [5, 5.41) is 6.03. The Morgan fingerprint density at radius 2 is 1.80 bits per heavy atom. The van der Waals surface area contributed by atoms with Crippen LogP contribution in [0.3, 0.4) is 0 Å². The van der Waals surface area contributed by atoms with Gasteiger partial charge in [0.1, 0.15) is 12.4 Å². The van der Waals surface area contributed by atoms with E-state index in [9.17, 15) is 0 Å².